The van der Waals surface area contributed by atoms with Gasteiger partial charge in [0.2, 0.25) is 0 Å². The minimum absolute atomic E-state index is 0.0162. The van der Waals surface area contributed by atoms with Gasteiger partial charge in [-0.25, -0.2) is 4.98 Å². The number of amides is 1. The van der Waals surface area contributed by atoms with Gasteiger partial charge in [0.1, 0.15) is 5.69 Å². The lowest BCUT2D eigenvalue weighted by Crippen LogP contribution is -2.26. The van der Waals surface area contributed by atoms with Gasteiger partial charge in [-0.3, -0.25) is 4.79 Å². The molecule has 0 aliphatic heterocycles. The van der Waals surface area contributed by atoms with Crippen molar-refractivity contribution >= 4 is 17.2 Å². The van der Waals surface area contributed by atoms with Crippen molar-refractivity contribution in [1.29, 1.82) is 0 Å². The first-order valence-electron chi connectivity index (χ1n) is 3.87. The molecule has 8 heteroatoms. The van der Waals surface area contributed by atoms with E-state index in [1.54, 1.807) is 0 Å². The third kappa shape index (κ3) is 3.17. The monoisotopic (exact) mass is 240 g/mol. The van der Waals surface area contributed by atoms with E-state index < -0.39 is 17.1 Å². The number of rotatable bonds is 3. The third-order valence-electron chi connectivity index (χ3n) is 1.38. The number of nitrogens with zero attached hydrogens (tertiary/aromatic N) is 1. The first-order chi connectivity index (χ1) is 6.95. The molecule has 1 heterocycles. The van der Waals surface area contributed by atoms with E-state index in [9.17, 15) is 18.0 Å². The Morgan fingerprint density at radius 1 is 1.60 bits per heavy atom. The number of halogens is 3. The van der Waals surface area contributed by atoms with Crippen LogP contribution in [0.2, 0.25) is 0 Å². The van der Waals surface area contributed by atoms with Crippen molar-refractivity contribution in [1.82, 2.24) is 10.3 Å². The summed E-state index contributed by atoms with van der Waals surface area (Å²) in [7, 11) is 0. The molecule has 4 nitrogen and oxygen atoms in total. The van der Waals surface area contributed by atoms with E-state index in [1.165, 1.54) is 0 Å². The fourth-order valence-corrected chi connectivity index (χ4v) is 1.44. The SMILES string of the molecule is O=C(NCCO)c1csc(C(F)(F)F)n1. The van der Waals surface area contributed by atoms with E-state index in [-0.39, 0.29) is 18.8 Å². The van der Waals surface area contributed by atoms with Crippen LogP contribution in [0.25, 0.3) is 0 Å². The molecule has 0 saturated heterocycles. The number of alkyl halides is 3. The maximum absolute atomic E-state index is 12.1. The van der Waals surface area contributed by atoms with Crippen LogP contribution < -0.4 is 5.32 Å². The van der Waals surface area contributed by atoms with Crippen LogP contribution in [0.4, 0.5) is 13.2 Å². The highest BCUT2D eigenvalue weighted by atomic mass is 32.1. The lowest BCUT2D eigenvalue weighted by molar-refractivity contribution is -0.137. The summed E-state index contributed by atoms with van der Waals surface area (Å²) in [5.41, 5.74) is -0.291. The Morgan fingerprint density at radius 2 is 2.27 bits per heavy atom. The molecule has 0 fully saturated rings. The molecule has 0 atom stereocenters. The normalized spacial score (nSPS) is 11.5. The molecule has 2 N–H and O–H groups in total. The predicted molar refractivity (Wildman–Crippen MR) is 46.5 cm³/mol. The molecule has 84 valence electrons. The van der Waals surface area contributed by atoms with E-state index in [0.717, 1.165) is 5.38 Å². The number of nitrogens with one attached hydrogen (secondary N) is 1. The van der Waals surface area contributed by atoms with Gasteiger partial charge in [0.25, 0.3) is 5.91 Å². The number of hydrogen-bond donors (Lipinski definition) is 2. The molecule has 1 amide bonds. The number of hydrogen-bond acceptors (Lipinski definition) is 4. The topological polar surface area (TPSA) is 62.2 Å². The highest BCUT2D eigenvalue weighted by molar-refractivity contribution is 7.09. The number of aromatic nitrogens is 1. The van der Waals surface area contributed by atoms with Crippen LogP contribution in [0.3, 0.4) is 0 Å². The summed E-state index contributed by atoms with van der Waals surface area (Å²) >= 11 is 0.359. The predicted octanol–water partition coefficient (Wildman–Crippen LogP) is 0.884. The quantitative estimate of drug-likeness (QED) is 0.824. The Balaban J connectivity index is 2.72. The van der Waals surface area contributed by atoms with Gasteiger partial charge in [-0.2, -0.15) is 13.2 Å². The number of aliphatic hydroxyl groups is 1. The van der Waals surface area contributed by atoms with Gasteiger partial charge in [0.05, 0.1) is 6.61 Å². The summed E-state index contributed by atoms with van der Waals surface area (Å²) in [5, 5.41) is 10.5. The molecular formula is C7H7F3N2O2S. The number of thiazole rings is 1. The lowest BCUT2D eigenvalue weighted by atomic mass is 10.4. The molecule has 1 aromatic rings. The van der Waals surface area contributed by atoms with Crippen molar-refractivity contribution in [3.8, 4) is 0 Å². The van der Waals surface area contributed by atoms with Crippen molar-refractivity contribution in [2.75, 3.05) is 13.2 Å². The zero-order valence-corrected chi connectivity index (χ0v) is 8.15. The molecule has 15 heavy (non-hydrogen) atoms. The van der Waals surface area contributed by atoms with Crippen molar-refractivity contribution in [3.05, 3.63) is 16.1 Å². The zero-order chi connectivity index (χ0) is 11.5. The van der Waals surface area contributed by atoms with Crippen LogP contribution in [-0.2, 0) is 6.18 Å². The Labute approximate surface area is 86.8 Å². The van der Waals surface area contributed by atoms with E-state index >= 15 is 0 Å². The van der Waals surface area contributed by atoms with Gasteiger partial charge < -0.3 is 10.4 Å². The molecule has 1 rings (SSSR count). The fourth-order valence-electron chi connectivity index (χ4n) is 0.768. The second kappa shape index (κ2) is 4.58. The second-order valence-electron chi connectivity index (χ2n) is 2.52. The van der Waals surface area contributed by atoms with Crippen LogP contribution >= 0.6 is 11.3 Å². The Bertz CT molecular complexity index is 350. The Kier molecular flexibility index (Phi) is 3.64. The molecule has 0 aromatic carbocycles. The summed E-state index contributed by atoms with van der Waals surface area (Å²) in [4.78, 5) is 14.2. The average Bonchev–Trinajstić information content (AvgIpc) is 2.62. The molecule has 0 aliphatic carbocycles. The standard InChI is InChI=1S/C7H7F3N2O2S/c8-7(9,10)6-12-4(3-15-6)5(14)11-1-2-13/h3,13H,1-2H2,(H,11,14). The minimum Gasteiger partial charge on any atom is -0.395 e. The zero-order valence-electron chi connectivity index (χ0n) is 7.34. The van der Waals surface area contributed by atoms with Crippen molar-refractivity contribution < 1.29 is 23.1 Å². The maximum atomic E-state index is 12.1. The first-order valence-corrected chi connectivity index (χ1v) is 4.75. The largest absolute Gasteiger partial charge is 0.443 e. The molecule has 0 spiro atoms. The summed E-state index contributed by atoms with van der Waals surface area (Å²) in [6, 6.07) is 0. The van der Waals surface area contributed by atoms with E-state index in [1.807, 2.05) is 0 Å². The van der Waals surface area contributed by atoms with Crippen molar-refractivity contribution in [3.63, 3.8) is 0 Å². The summed E-state index contributed by atoms with van der Waals surface area (Å²) in [6.07, 6.45) is -4.53. The van der Waals surface area contributed by atoms with E-state index in [2.05, 4.69) is 10.3 Å². The third-order valence-corrected chi connectivity index (χ3v) is 2.26. The van der Waals surface area contributed by atoms with Gasteiger partial charge >= 0.3 is 6.18 Å². The highest BCUT2D eigenvalue weighted by Gasteiger charge is 2.35. The molecule has 0 bridgehead atoms. The number of aliphatic hydroxyl groups excluding tert-OH is 1. The van der Waals surface area contributed by atoms with Gasteiger partial charge in [0, 0.05) is 11.9 Å². The fraction of sp³-hybridized carbons (Fsp3) is 0.429. The van der Waals surface area contributed by atoms with Crippen LogP contribution in [0, 0.1) is 0 Å². The minimum atomic E-state index is -4.53. The summed E-state index contributed by atoms with van der Waals surface area (Å²) < 4.78 is 36.3. The lowest BCUT2D eigenvalue weighted by Gasteiger charge is -2.00. The van der Waals surface area contributed by atoms with Crippen LogP contribution in [0.15, 0.2) is 5.38 Å². The molecule has 0 aliphatic rings. The van der Waals surface area contributed by atoms with Crippen LogP contribution in [-0.4, -0.2) is 29.1 Å². The molecule has 0 unspecified atom stereocenters. The van der Waals surface area contributed by atoms with Crippen LogP contribution in [0.1, 0.15) is 15.5 Å². The van der Waals surface area contributed by atoms with Crippen molar-refractivity contribution in [2.24, 2.45) is 0 Å². The first kappa shape index (κ1) is 11.9. The number of carbonyl (C=O) groups excluding carboxylic acids is 1. The van der Waals surface area contributed by atoms with E-state index in [0.29, 0.717) is 11.3 Å². The summed E-state index contributed by atoms with van der Waals surface area (Å²) in [6.45, 7) is -0.292. The Hall–Kier alpha value is -1.15. The van der Waals surface area contributed by atoms with Crippen molar-refractivity contribution in [2.45, 2.75) is 6.18 Å². The molecular weight excluding hydrogens is 233 g/mol. The average molecular weight is 240 g/mol. The van der Waals surface area contributed by atoms with Gasteiger partial charge in [-0.05, 0) is 0 Å². The summed E-state index contributed by atoms with van der Waals surface area (Å²) in [5.74, 6) is -0.726. The van der Waals surface area contributed by atoms with Crippen LogP contribution in [0.5, 0.6) is 0 Å². The highest BCUT2D eigenvalue weighted by Crippen LogP contribution is 2.31. The van der Waals surface area contributed by atoms with E-state index in [4.69, 9.17) is 5.11 Å². The van der Waals surface area contributed by atoms with Gasteiger partial charge in [0.15, 0.2) is 5.01 Å². The molecule has 0 radical (unpaired) electrons. The molecule has 0 saturated carbocycles. The van der Waals surface area contributed by atoms with Gasteiger partial charge in [-0.15, -0.1) is 11.3 Å². The van der Waals surface area contributed by atoms with Gasteiger partial charge in [-0.1, -0.05) is 0 Å². The second-order valence-corrected chi connectivity index (χ2v) is 3.37. The Morgan fingerprint density at radius 3 is 2.73 bits per heavy atom. The smallest absolute Gasteiger partial charge is 0.395 e. The molecule has 1 aromatic heterocycles. The maximum Gasteiger partial charge on any atom is 0.443 e. The number of carbonyl (C=O) groups is 1.